The molecule has 0 spiro atoms. The van der Waals surface area contributed by atoms with Crippen LogP contribution in [0.25, 0.3) is 0 Å². The minimum Gasteiger partial charge on any atom is -0.470 e. The van der Waals surface area contributed by atoms with E-state index in [4.69, 9.17) is 4.74 Å². The summed E-state index contributed by atoms with van der Waals surface area (Å²) < 4.78 is 6.08. The lowest BCUT2D eigenvalue weighted by molar-refractivity contribution is -0.133. The van der Waals surface area contributed by atoms with E-state index in [0.717, 1.165) is 12.0 Å². The molecule has 0 aliphatic carbocycles. The molecule has 28 heavy (non-hydrogen) atoms. The van der Waals surface area contributed by atoms with Crippen LogP contribution in [0.3, 0.4) is 0 Å². The molecule has 9 nitrogen and oxygen atoms in total. The molecule has 2 rings (SSSR count). The van der Waals surface area contributed by atoms with E-state index in [1.165, 1.54) is 5.01 Å². The first-order valence-electron chi connectivity index (χ1n) is 9.20. The Morgan fingerprint density at radius 3 is 2.64 bits per heavy atom. The van der Waals surface area contributed by atoms with E-state index in [-0.39, 0.29) is 23.9 Å². The molecular weight excluding hydrogens is 362 g/mol. The highest BCUT2D eigenvalue weighted by atomic mass is 16.5. The molecule has 0 fully saturated rings. The predicted molar refractivity (Wildman–Crippen MR) is 105 cm³/mol. The smallest absolute Gasteiger partial charge is 0.342 e. The third kappa shape index (κ3) is 5.29. The molecule has 1 unspecified atom stereocenters. The minimum atomic E-state index is -0.640. The van der Waals surface area contributed by atoms with Crippen LogP contribution in [-0.4, -0.2) is 39.4 Å². The summed E-state index contributed by atoms with van der Waals surface area (Å²) in [4.78, 5) is 37.2. The number of aromatic nitrogens is 3. The van der Waals surface area contributed by atoms with E-state index >= 15 is 0 Å². The lowest BCUT2D eigenvalue weighted by atomic mass is 10.0. The summed E-state index contributed by atoms with van der Waals surface area (Å²) in [6, 6.07) is 0. The maximum Gasteiger partial charge on any atom is 0.342 e. The molecule has 0 saturated heterocycles. The molecular formula is C19H27N5O4. The number of H-pyrrole nitrogens is 2. The molecule has 9 heteroatoms. The number of nitrogens with one attached hydrogen (secondary N) is 3. The fraction of sp³-hybridized carbons (Fsp3) is 0.474. The van der Waals surface area contributed by atoms with E-state index < -0.39 is 17.5 Å². The van der Waals surface area contributed by atoms with Crippen molar-refractivity contribution in [2.45, 2.75) is 46.8 Å². The van der Waals surface area contributed by atoms with Crippen LogP contribution in [0.2, 0.25) is 0 Å². The zero-order chi connectivity index (χ0) is 20.8. The fourth-order valence-corrected chi connectivity index (χ4v) is 2.70. The van der Waals surface area contributed by atoms with Gasteiger partial charge in [-0.2, -0.15) is 10.5 Å². The van der Waals surface area contributed by atoms with Crippen molar-refractivity contribution in [3.8, 4) is 0 Å². The average molecular weight is 389 g/mol. The van der Waals surface area contributed by atoms with Gasteiger partial charge in [0, 0.05) is 19.0 Å². The molecule has 0 saturated carbocycles. The van der Waals surface area contributed by atoms with Crippen LogP contribution in [0.4, 0.5) is 0 Å². The SMILES string of the molecule is CC/C=C(OC1C=C(C(C)C)C(=O)N(C)N1)\C(C)=C/Cc1n[nH]c(=O)[nH]c1=O. The number of carbonyl (C=O) groups is 1. The van der Waals surface area contributed by atoms with E-state index in [9.17, 15) is 14.4 Å². The van der Waals surface area contributed by atoms with E-state index in [0.29, 0.717) is 11.3 Å². The molecule has 1 aromatic rings. The Balaban J connectivity index is 2.20. The molecule has 0 bridgehead atoms. The molecule has 1 aliphatic rings. The van der Waals surface area contributed by atoms with Crippen molar-refractivity contribution in [3.63, 3.8) is 0 Å². The van der Waals surface area contributed by atoms with Crippen LogP contribution >= 0.6 is 0 Å². The third-order valence-corrected chi connectivity index (χ3v) is 4.24. The number of rotatable bonds is 7. The van der Waals surface area contributed by atoms with Crippen molar-refractivity contribution in [2.75, 3.05) is 7.05 Å². The molecule has 1 aromatic heterocycles. The lowest BCUT2D eigenvalue weighted by Gasteiger charge is -2.32. The number of carbonyl (C=O) groups excluding carboxylic acids is 1. The van der Waals surface area contributed by atoms with Gasteiger partial charge in [-0.15, -0.1) is 0 Å². The van der Waals surface area contributed by atoms with Gasteiger partial charge in [-0.1, -0.05) is 26.8 Å². The predicted octanol–water partition coefficient (Wildman–Crippen LogP) is 1.14. The van der Waals surface area contributed by atoms with Crippen LogP contribution < -0.4 is 16.7 Å². The van der Waals surface area contributed by atoms with Gasteiger partial charge in [-0.25, -0.2) is 9.89 Å². The first-order chi connectivity index (χ1) is 13.2. The molecule has 3 N–H and O–H groups in total. The molecule has 0 aromatic carbocycles. The normalized spacial score (nSPS) is 18.5. The Kier molecular flexibility index (Phi) is 7.11. The molecule has 2 heterocycles. The standard InChI is InChI=1S/C19H27N5O4/c1-6-7-15(12(4)8-9-14-17(25)20-19(27)22-21-14)28-16-10-13(11(2)3)18(26)24(5)23-16/h7-8,10-11,16,23H,6,9H2,1-5H3,(H2,20,22,25,27)/b12-8-,15-7+. The van der Waals surface area contributed by atoms with Crippen LogP contribution in [-0.2, 0) is 16.0 Å². The van der Waals surface area contributed by atoms with Crippen LogP contribution in [0.5, 0.6) is 0 Å². The van der Waals surface area contributed by atoms with Crippen molar-refractivity contribution in [2.24, 2.45) is 5.92 Å². The van der Waals surface area contributed by atoms with Crippen molar-refractivity contribution < 1.29 is 9.53 Å². The zero-order valence-corrected chi connectivity index (χ0v) is 16.8. The number of aromatic amines is 2. The Hall–Kier alpha value is -2.94. The third-order valence-electron chi connectivity index (χ3n) is 4.24. The van der Waals surface area contributed by atoms with E-state index in [2.05, 4.69) is 20.6 Å². The first kappa shape index (κ1) is 21.4. The van der Waals surface area contributed by atoms with Gasteiger partial charge >= 0.3 is 5.69 Å². The summed E-state index contributed by atoms with van der Waals surface area (Å²) in [5.74, 6) is 0.644. The van der Waals surface area contributed by atoms with E-state index in [1.54, 1.807) is 13.1 Å². The number of ether oxygens (including phenoxy) is 1. The largest absolute Gasteiger partial charge is 0.470 e. The molecule has 152 valence electrons. The first-order valence-corrected chi connectivity index (χ1v) is 9.20. The van der Waals surface area contributed by atoms with Gasteiger partial charge < -0.3 is 4.74 Å². The summed E-state index contributed by atoms with van der Waals surface area (Å²) in [6.07, 6.45) is 6.03. The maximum atomic E-state index is 12.2. The molecule has 1 aliphatic heterocycles. The summed E-state index contributed by atoms with van der Waals surface area (Å²) in [6.45, 7) is 7.78. The summed E-state index contributed by atoms with van der Waals surface area (Å²) in [5, 5.41) is 7.41. The minimum absolute atomic E-state index is 0.0773. The highest BCUT2D eigenvalue weighted by Gasteiger charge is 2.27. The Morgan fingerprint density at radius 2 is 2.04 bits per heavy atom. The Labute approximate surface area is 163 Å². The number of hydrogen-bond donors (Lipinski definition) is 3. The number of hydrazine groups is 1. The summed E-state index contributed by atoms with van der Waals surface area (Å²) in [7, 11) is 1.66. The Bertz CT molecular complexity index is 923. The van der Waals surface area contributed by atoms with Gasteiger partial charge in [0.25, 0.3) is 11.5 Å². The van der Waals surface area contributed by atoms with Gasteiger partial charge in [-0.3, -0.25) is 19.6 Å². The van der Waals surface area contributed by atoms with E-state index in [1.807, 2.05) is 39.8 Å². The quantitative estimate of drug-likeness (QED) is 0.475. The molecule has 0 radical (unpaired) electrons. The second kappa shape index (κ2) is 9.32. The second-order valence-corrected chi connectivity index (χ2v) is 6.83. The Morgan fingerprint density at radius 1 is 1.32 bits per heavy atom. The van der Waals surface area contributed by atoms with Gasteiger partial charge in [0.2, 0.25) is 0 Å². The summed E-state index contributed by atoms with van der Waals surface area (Å²) in [5.41, 5.74) is 3.54. The maximum absolute atomic E-state index is 12.2. The van der Waals surface area contributed by atoms with Gasteiger partial charge in [-0.05, 0) is 37.0 Å². The van der Waals surface area contributed by atoms with Crippen molar-refractivity contribution in [1.82, 2.24) is 25.6 Å². The molecule has 1 amide bonds. The summed E-state index contributed by atoms with van der Waals surface area (Å²) >= 11 is 0. The van der Waals surface area contributed by atoms with Crippen LogP contribution in [0.15, 0.2) is 44.7 Å². The monoisotopic (exact) mass is 389 g/mol. The number of nitrogens with zero attached hydrogens (tertiary/aromatic N) is 2. The topological polar surface area (TPSA) is 120 Å². The number of amides is 1. The van der Waals surface area contributed by atoms with Gasteiger partial charge in [0.1, 0.15) is 11.5 Å². The van der Waals surface area contributed by atoms with Crippen LogP contribution in [0.1, 0.15) is 39.8 Å². The van der Waals surface area contributed by atoms with Gasteiger partial charge in [0.15, 0.2) is 6.23 Å². The number of allylic oxidation sites excluding steroid dienone is 3. The highest BCUT2D eigenvalue weighted by Crippen LogP contribution is 2.21. The van der Waals surface area contributed by atoms with Crippen molar-refractivity contribution in [3.05, 3.63) is 61.7 Å². The zero-order valence-electron chi connectivity index (χ0n) is 16.8. The average Bonchev–Trinajstić information content (AvgIpc) is 2.63. The van der Waals surface area contributed by atoms with Crippen molar-refractivity contribution in [1.29, 1.82) is 0 Å². The second-order valence-electron chi connectivity index (χ2n) is 6.83. The highest BCUT2D eigenvalue weighted by molar-refractivity contribution is 5.94. The number of likely N-dealkylation sites (N-methyl/N-ethyl adjacent to an activating group) is 1. The lowest BCUT2D eigenvalue weighted by Crippen LogP contribution is -2.51. The molecule has 1 atom stereocenters. The van der Waals surface area contributed by atoms with Crippen molar-refractivity contribution >= 4 is 5.91 Å². The number of hydrogen-bond acceptors (Lipinski definition) is 6. The van der Waals surface area contributed by atoms with Gasteiger partial charge in [0.05, 0.1) is 0 Å². The van der Waals surface area contributed by atoms with Crippen LogP contribution in [0, 0.1) is 5.92 Å². The fourth-order valence-electron chi connectivity index (χ4n) is 2.70.